The van der Waals surface area contributed by atoms with Crippen LogP contribution in [-0.4, -0.2) is 16.3 Å². The van der Waals surface area contributed by atoms with E-state index in [0.29, 0.717) is 5.69 Å². The minimum atomic E-state index is -4.91. The number of nitrogens with one attached hydrogen (secondary N) is 1. The van der Waals surface area contributed by atoms with E-state index in [1.165, 1.54) is 24.5 Å². The van der Waals surface area contributed by atoms with Gasteiger partial charge in [-0.3, -0.25) is 0 Å². The zero-order valence-electron chi connectivity index (χ0n) is 12.1. The molecule has 0 fully saturated rings. The van der Waals surface area contributed by atoms with Gasteiger partial charge >= 0.3 is 6.18 Å². The Morgan fingerprint density at radius 2 is 1.65 bits per heavy atom. The Kier molecular flexibility index (Phi) is 5.00. The minimum absolute atomic E-state index is 0.236. The second-order valence-corrected chi connectivity index (χ2v) is 5.21. The third-order valence-electron chi connectivity index (χ3n) is 2.99. The van der Waals surface area contributed by atoms with Crippen LogP contribution in [0, 0.1) is 6.92 Å². The first-order chi connectivity index (χ1) is 10.8. The summed E-state index contributed by atoms with van der Waals surface area (Å²) < 4.78 is 39.9. The molecule has 1 aromatic carbocycles. The van der Waals surface area contributed by atoms with Crippen molar-refractivity contribution in [3.8, 4) is 0 Å². The number of aromatic nitrogens is 1. The molecular formula is C16H14F3N2OS+. The number of aryl methyl sites for hydroxylation is 1. The van der Waals surface area contributed by atoms with Crippen LogP contribution in [0.4, 0.5) is 18.9 Å². The van der Waals surface area contributed by atoms with Gasteiger partial charge in [-0.05, 0) is 19.1 Å². The SMILES string of the molecule is Cc1ccc(NC(=S)/C(=C(\O)C(F)(F)F)[n+]2ccccc2)cc1. The van der Waals surface area contributed by atoms with E-state index in [4.69, 9.17) is 12.2 Å². The molecule has 0 amide bonds. The van der Waals surface area contributed by atoms with Crippen molar-refractivity contribution < 1.29 is 22.8 Å². The molecule has 0 unspecified atom stereocenters. The largest absolute Gasteiger partial charge is 0.500 e. The van der Waals surface area contributed by atoms with Crippen molar-refractivity contribution in [2.24, 2.45) is 0 Å². The van der Waals surface area contributed by atoms with E-state index in [0.717, 1.165) is 10.1 Å². The summed E-state index contributed by atoms with van der Waals surface area (Å²) in [6.07, 6.45) is -2.15. The number of allylic oxidation sites excluding steroid dienone is 1. The zero-order chi connectivity index (χ0) is 17.0. The molecule has 2 rings (SSSR count). The molecule has 2 N–H and O–H groups in total. The van der Waals surface area contributed by atoms with Crippen molar-refractivity contribution in [2.75, 3.05) is 5.32 Å². The molecule has 0 radical (unpaired) electrons. The third-order valence-corrected chi connectivity index (χ3v) is 3.29. The van der Waals surface area contributed by atoms with Crippen molar-refractivity contribution >= 4 is 28.6 Å². The van der Waals surface area contributed by atoms with Gasteiger partial charge in [-0.1, -0.05) is 36.0 Å². The molecule has 0 aliphatic rings. The number of hydrogen-bond donors (Lipinski definition) is 2. The van der Waals surface area contributed by atoms with E-state index in [1.807, 2.05) is 6.92 Å². The number of benzene rings is 1. The maximum Gasteiger partial charge on any atom is 0.455 e. The number of aliphatic hydroxyl groups is 1. The van der Waals surface area contributed by atoms with E-state index in [1.54, 1.807) is 30.3 Å². The highest BCUT2D eigenvalue weighted by atomic mass is 32.1. The van der Waals surface area contributed by atoms with E-state index in [9.17, 15) is 18.3 Å². The van der Waals surface area contributed by atoms with Gasteiger partial charge in [0.15, 0.2) is 17.4 Å². The quantitative estimate of drug-likeness (QED) is 0.384. The normalized spacial score (nSPS) is 12.5. The van der Waals surface area contributed by atoms with E-state index >= 15 is 0 Å². The van der Waals surface area contributed by atoms with Crippen LogP contribution in [0.5, 0.6) is 0 Å². The van der Waals surface area contributed by atoms with Gasteiger partial charge in [0.2, 0.25) is 0 Å². The highest BCUT2D eigenvalue weighted by molar-refractivity contribution is 7.81. The predicted molar refractivity (Wildman–Crippen MR) is 85.9 cm³/mol. The maximum atomic E-state index is 12.9. The number of nitrogens with zero attached hydrogens (tertiary/aromatic N) is 1. The molecule has 1 aromatic heterocycles. The summed E-state index contributed by atoms with van der Waals surface area (Å²) >= 11 is 5.07. The molecule has 0 aliphatic heterocycles. The Morgan fingerprint density at radius 1 is 1.09 bits per heavy atom. The first kappa shape index (κ1) is 17.0. The number of pyridine rings is 1. The molecule has 23 heavy (non-hydrogen) atoms. The number of rotatable bonds is 3. The number of aliphatic hydroxyl groups excluding tert-OH is 1. The van der Waals surface area contributed by atoms with Crippen LogP contribution in [0.25, 0.3) is 5.70 Å². The molecule has 0 spiro atoms. The average Bonchev–Trinajstić information content (AvgIpc) is 2.50. The Bertz CT molecular complexity index is 725. The van der Waals surface area contributed by atoms with Gasteiger partial charge in [-0.25, -0.2) is 0 Å². The second-order valence-electron chi connectivity index (χ2n) is 4.80. The Hall–Kier alpha value is -2.41. The van der Waals surface area contributed by atoms with E-state index < -0.39 is 17.6 Å². The highest BCUT2D eigenvalue weighted by Gasteiger charge is 2.42. The van der Waals surface area contributed by atoms with Gasteiger partial charge < -0.3 is 10.4 Å². The number of hydrogen-bond acceptors (Lipinski definition) is 2. The molecule has 120 valence electrons. The summed E-state index contributed by atoms with van der Waals surface area (Å²) in [6, 6.07) is 11.7. The maximum absolute atomic E-state index is 12.9. The number of thiocarbonyl (C=S) groups is 1. The Morgan fingerprint density at radius 3 is 2.17 bits per heavy atom. The third kappa shape index (κ3) is 4.29. The molecule has 2 aromatic rings. The standard InChI is InChI=1S/C16H13F3N2OS/c1-11-5-7-12(8-6-11)20-15(23)13(14(22)16(17,18)19)21-9-3-2-4-10-21/h2-10H,1H3,(H-,20,22,23)/p+1. The van der Waals surface area contributed by atoms with Gasteiger partial charge in [0.1, 0.15) is 0 Å². The van der Waals surface area contributed by atoms with Crippen molar-refractivity contribution in [1.82, 2.24) is 0 Å². The predicted octanol–water partition coefficient (Wildman–Crippen LogP) is 4.01. The lowest BCUT2D eigenvalue weighted by Crippen LogP contribution is -2.40. The fraction of sp³-hybridized carbons (Fsp3) is 0.125. The zero-order valence-corrected chi connectivity index (χ0v) is 12.9. The topological polar surface area (TPSA) is 36.1 Å². The van der Waals surface area contributed by atoms with Crippen LogP contribution >= 0.6 is 12.2 Å². The summed E-state index contributed by atoms with van der Waals surface area (Å²) in [6.45, 7) is 1.89. The van der Waals surface area contributed by atoms with E-state index in [-0.39, 0.29) is 4.99 Å². The minimum Gasteiger partial charge on any atom is -0.500 e. The van der Waals surface area contributed by atoms with Crippen molar-refractivity contribution in [3.05, 3.63) is 66.2 Å². The molecule has 0 atom stereocenters. The van der Waals surface area contributed by atoms with Gasteiger partial charge in [-0.15, -0.1) is 0 Å². The first-order valence-electron chi connectivity index (χ1n) is 6.64. The summed E-state index contributed by atoms with van der Waals surface area (Å²) in [7, 11) is 0. The van der Waals surface area contributed by atoms with Crippen LogP contribution in [0.15, 0.2) is 60.6 Å². The molecular weight excluding hydrogens is 325 g/mol. The van der Waals surface area contributed by atoms with Crippen molar-refractivity contribution in [1.29, 1.82) is 0 Å². The second kappa shape index (κ2) is 6.78. The van der Waals surface area contributed by atoms with Crippen LogP contribution in [0.2, 0.25) is 0 Å². The molecule has 0 aliphatic carbocycles. The summed E-state index contributed by atoms with van der Waals surface area (Å²) in [5, 5.41) is 12.3. The molecule has 0 saturated heterocycles. The van der Waals surface area contributed by atoms with E-state index in [2.05, 4.69) is 5.32 Å². The first-order valence-corrected chi connectivity index (χ1v) is 7.05. The van der Waals surface area contributed by atoms with Gasteiger partial charge in [-0.2, -0.15) is 17.7 Å². The van der Waals surface area contributed by atoms with Crippen LogP contribution < -0.4 is 9.88 Å². The van der Waals surface area contributed by atoms with Crippen molar-refractivity contribution in [3.63, 3.8) is 0 Å². The molecule has 1 heterocycles. The van der Waals surface area contributed by atoms with Gasteiger partial charge in [0, 0.05) is 17.8 Å². The number of alkyl halides is 3. The van der Waals surface area contributed by atoms with Gasteiger partial charge in [0.05, 0.1) is 0 Å². The highest BCUT2D eigenvalue weighted by Crippen LogP contribution is 2.27. The average molecular weight is 339 g/mol. The fourth-order valence-electron chi connectivity index (χ4n) is 1.86. The summed E-state index contributed by atoms with van der Waals surface area (Å²) in [5.41, 5.74) is 1.01. The molecule has 0 saturated carbocycles. The smallest absolute Gasteiger partial charge is 0.455 e. The van der Waals surface area contributed by atoms with Crippen LogP contribution in [0.3, 0.4) is 0 Å². The lowest BCUT2D eigenvalue weighted by molar-refractivity contribution is -0.578. The Labute approximate surface area is 136 Å². The summed E-state index contributed by atoms with van der Waals surface area (Å²) in [5.74, 6) is -1.75. The fourth-order valence-corrected chi connectivity index (χ4v) is 2.18. The molecule has 7 heteroatoms. The van der Waals surface area contributed by atoms with Crippen LogP contribution in [0.1, 0.15) is 5.56 Å². The lowest BCUT2D eigenvalue weighted by Gasteiger charge is -2.11. The van der Waals surface area contributed by atoms with Crippen LogP contribution in [-0.2, 0) is 0 Å². The number of halogens is 3. The molecule has 3 nitrogen and oxygen atoms in total. The van der Waals surface area contributed by atoms with Crippen molar-refractivity contribution in [2.45, 2.75) is 13.1 Å². The number of anilines is 1. The lowest BCUT2D eigenvalue weighted by atomic mass is 10.2. The monoisotopic (exact) mass is 339 g/mol. The molecule has 0 bridgehead atoms. The Balaban J connectivity index is 2.42. The summed E-state index contributed by atoms with van der Waals surface area (Å²) in [4.78, 5) is -0.236. The van der Waals surface area contributed by atoms with Gasteiger partial charge in [0.25, 0.3) is 11.5 Å².